The van der Waals surface area contributed by atoms with Crippen LogP contribution >= 0.6 is 23.2 Å². The molecular formula is C21H21Cl2N3O2. The molecule has 146 valence electrons. The third-order valence-electron chi connectivity index (χ3n) is 5.04. The van der Waals surface area contributed by atoms with Crippen LogP contribution in [0, 0.1) is 13.8 Å². The number of alkyl halides is 2. The molecule has 0 aliphatic carbocycles. The second-order valence-corrected chi connectivity index (χ2v) is 7.92. The van der Waals surface area contributed by atoms with Crippen molar-refractivity contribution in [1.29, 1.82) is 0 Å². The molecule has 3 aromatic rings. The second-order valence-electron chi connectivity index (χ2n) is 6.82. The van der Waals surface area contributed by atoms with E-state index in [-0.39, 0.29) is 5.56 Å². The fourth-order valence-electron chi connectivity index (χ4n) is 3.06. The SMILES string of the molecule is Cc1ccc(-n2c([C@H](C)N(C)C(=O)C(Cl)Cl)nc3ccccc3c2=O)cc1C. The first-order valence-electron chi connectivity index (χ1n) is 8.86. The molecule has 3 rings (SSSR count). The number of rotatable bonds is 4. The molecule has 0 saturated heterocycles. The van der Waals surface area contributed by atoms with Crippen LogP contribution < -0.4 is 5.56 Å². The summed E-state index contributed by atoms with van der Waals surface area (Å²) in [7, 11) is 1.59. The minimum Gasteiger partial charge on any atom is -0.333 e. The minimum atomic E-state index is -1.19. The van der Waals surface area contributed by atoms with E-state index in [9.17, 15) is 9.59 Å². The summed E-state index contributed by atoms with van der Waals surface area (Å²) in [5, 5.41) is 0.512. The minimum absolute atomic E-state index is 0.190. The highest BCUT2D eigenvalue weighted by molar-refractivity contribution is 6.53. The van der Waals surface area contributed by atoms with Gasteiger partial charge in [-0.25, -0.2) is 4.98 Å². The number of benzene rings is 2. The molecule has 1 heterocycles. The molecule has 1 atom stereocenters. The van der Waals surface area contributed by atoms with Crippen molar-refractivity contribution in [1.82, 2.24) is 14.5 Å². The average Bonchev–Trinajstić information content (AvgIpc) is 2.68. The van der Waals surface area contributed by atoms with Crippen LogP contribution in [0.5, 0.6) is 0 Å². The van der Waals surface area contributed by atoms with E-state index in [1.165, 1.54) is 4.90 Å². The molecule has 28 heavy (non-hydrogen) atoms. The van der Waals surface area contributed by atoms with Gasteiger partial charge in [0.05, 0.1) is 22.6 Å². The van der Waals surface area contributed by atoms with Gasteiger partial charge in [0.25, 0.3) is 11.5 Å². The molecule has 7 heteroatoms. The van der Waals surface area contributed by atoms with Crippen molar-refractivity contribution in [3.05, 3.63) is 69.8 Å². The van der Waals surface area contributed by atoms with Gasteiger partial charge in [0.15, 0.2) is 4.84 Å². The smallest absolute Gasteiger partial charge is 0.266 e. The molecule has 2 aromatic carbocycles. The van der Waals surface area contributed by atoms with Gasteiger partial charge in [-0.15, -0.1) is 0 Å². The average molecular weight is 418 g/mol. The van der Waals surface area contributed by atoms with Crippen molar-refractivity contribution in [2.75, 3.05) is 7.05 Å². The lowest BCUT2D eigenvalue weighted by Gasteiger charge is -2.27. The lowest BCUT2D eigenvalue weighted by Crippen LogP contribution is -2.37. The molecule has 0 spiro atoms. The van der Waals surface area contributed by atoms with E-state index in [1.54, 1.807) is 36.7 Å². The van der Waals surface area contributed by atoms with E-state index in [4.69, 9.17) is 28.2 Å². The van der Waals surface area contributed by atoms with E-state index in [0.717, 1.165) is 11.1 Å². The number of hydrogen-bond donors (Lipinski definition) is 0. The maximum Gasteiger partial charge on any atom is 0.266 e. The van der Waals surface area contributed by atoms with Gasteiger partial charge in [-0.3, -0.25) is 14.2 Å². The van der Waals surface area contributed by atoms with Crippen molar-refractivity contribution >= 4 is 40.0 Å². The highest BCUT2D eigenvalue weighted by Crippen LogP contribution is 2.24. The molecule has 0 unspecified atom stereocenters. The Morgan fingerprint density at radius 1 is 1.11 bits per heavy atom. The number of nitrogens with zero attached hydrogens (tertiary/aromatic N) is 3. The number of para-hydroxylation sites is 1. The number of carbonyl (C=O) groups excluding carboxylic acids is 1. The zero-order chi connectivity index (χ0) is 20.6. The molecular weight excluding hydrogens is 397 g/mol. The summed E-state index contributed by atoms with van der Waals surface area (Å²) >= 11 is 11.5. The Morgan fingerprint density at radius 2 is 1.79 bits per heavy atom. The number of hydrogen-bond acceptors (Lipinski definition) is 3. The second kappa shape index (κ2) is 7.94. The van der Waals surface area contributed by atoms with Gasteiger partial charge in [0.1, 0.15) is 5.82 Å². The van der Waals surface area contributed by atoms with Gasteiger partial charge in [0.2, 0.25) is 0 Å². The van der Waals surface area contributed by atoms with Gasteiger partial charge >= 0.3 is 0 Å². The zero-order valence-corrected chi connectivity index (χ0v) is 17.6. The summed E-state index contributed by atoms with van der Waals surface area (Å²) in [4.78, 5) is 30.6. The molecule has 5 nitrogen and oxygen atoms in total. The van der Waals surface area contributed by atoms with Crippen LogP contribution in [0.3, 0.4) is 0 Å². The fraction of sp³-hybridized carbons (Fsp3) is 0.286. The first-order chi connectivity index (χ1) is 13.2. The van der Waals surface area contributed by atoms with Crippen molar-refractivity contribution < 1.29 is 4.79 Å². The summed E-state index contributed by atoms with van der Waals surface area (Å²) in [6.07, 6.45) is 0. The molecule has 0 N–H and O–H groups in total. The Balaban J connectivity index is 2.30. The molecule has 0 saturated carbocycles. The van der Waals surface area contributed by atoms with Crippen molar-refractivity contribution in [3.8, 4) is 5.69 Å². The summed E-state index contributed by atoms with van der Waals surface area (Å²) in [5.41, 5.74) is 3.26. The Kier molecular flexibility index (Phi) is 5.77. The Hall–Kier alpha value is -2.37. The Morgan fingerprint density at radius 3 is 2.43 bits per heavy atom. The largest absolute Gasteiger partial charge is 0.333 e. The van der Waals surface area contributed by atoms with E-state index < -0.39 is 16.8 Å². The number of aromatic nitrogens is 2. The summed E-state index contributed by atoms with van der Waals surface area (Å²) in [6.45, 7) is 5.79. The monoisotopic (exact) mass is 417 g/mol. The van der Waals surface area contributed by atoms with E-state index in [0.29, 0.717) is 22.4 Å². The van der Waals surface area contributed by atoms with Crippen LogP contribution in [0.4, 0.5) is 0 Å². The van der Waals surface area contributed by atoms with E-state index in [1.807, 2.05) is 38.1 Å². The predicted octanol–water partition coefficient (Wildman–Crippen LogP) is 4.33. The quantitative estimate of drug-likeness (QED) is 0.593. The predicted molar refractivity (Wildman–Crippen MR) is 113 cm³/mol. The molecule has 0 radical (unpaired) electrons. The molecule has 1 aromatic heterocycles. The Bertz CT molecular complexity index is 1110. The van der Waals surface area contributed by atoms with Crippen molar-refractivity contribution in [2.24, 2.45) is 0 Å². The van der Waals surface area contributed by atoms with Gasteiger partial charge in [-0.1, -0.05) is 41.4 Å². The summed E-state index contributed by atoms with van der Waals surface area (Å²) in [5.74, 6) is -0.0123. The van der Waals surface area contributed by atoms with Crippen LogP contribution in [0.15, 0.2) is 47.3 Å². The van der Waals surface area contributed by atoms with Crippen LogP contribution in [0.25, 0.3) is 16.6 Å². The molecule has 1 amide bonds. The zero-order valence-electron chi connectivity index (χ0n) is 16.1. The summed E-state index contributed by atoms with van der Waals surface area (Å²) in [6, 6.07) is 12.4. The highest BCUT2D eigenvalue weighted by Gasteiger charge is 2.27. The number of fused-ring (bicyclic) bond motifs is 1. The first kappa shape index (κ1) is 20.4. The van der Waals surface area contributed by atoms with E-state index in [2.05, 4.69) is 0 Å². The maximum atomic E-state index is 13.3. The van der Waals surface area contributed by atoms with Crippen LogP contribution in [0.1, 0.15) is 29.9 Å². The number of halogens is 2. The van der Waals surface area contributed by atoms with Crippen molar-refractivity contribution in [3.63, 3.8) is 0 Å². The van der Waals surface area contributed by atoms with Crippen LogP contribution in [0.2, 0.25) is 0 Å². The third-order valence-corrected chi connectivity index (χ3v) is 5.41. The van der Waals surface area contributed by atoms with Gasteiger partial charge < -0.3 is 4.90 Å². The Labute approximate surface area is 173 Å². The highest BCUT2D eigenvalue weighted by atomic mass is 35.5. The van der Waals surface area contributed by atoms with Crippen LogP contribution in [-0.2, 0) is 4.79 Å². The van der Waals surface area contributed by atoms with Gasteiger partial charge in [0, 0.05) is 7.05 Å². The number of aryl methyl sites for hydroxylation is 2. The first-order valence-corrected chi connectivity index (χ1v) is 9.73. The third kappa shape index (κ3) is 3.64. The molecule has 0 aliphatic rings. The van der Waals surface area contributed by atoms with E-state index >= 15 is 0 Å². The standard InChI is InChI=1S/C21H21Cl2N3O2/c1-12-9-10-15(11-13(12)2)26-19(14(3)25(4)21(28)18(22)23)24-17-8-6-5-7-16(17)20(26)27/h5-11,14,18H,1-4H3/t14-/m0/s1. The van der Waals surface area contributed by atoms with Crippen LogP contribution in [-0.4, -0.2) is 32.2 Å². The topological polar surface area (TPSA) is 55.2 Å². The maximum absolute atomic E-state index is 13.3. The number of amides is 1. The normalized spacial score (nSPS) is 12.4. The fourth-order valence-corrected chi connectivity index (χ4v) is 3.37. The van der Waals surface area contributed by atoms with Gasteiger partial charge in [-0.05, 0) is 56.2 Å². The van der Waals surface area contributed by atoms with Gasteiger partial charge in [-0.2, -0.15) is 0 Å². The molecule has 0 aliphatic heterocycles. The molecule has 0 fully saturated rings. The lowest BCUT2D eigenvalue weighted by atomic mass is 10.1. The molecule has 0 bridgehead atoms. The summed E-state index contributed by atoms with van der Waals surface area (Å²) < 4.78 is 1.56. The van der Waals surface area contributed by atoms with Crippen molar-refractivity contribution in [2.45, 2.75) is 31.6 Å². The number of carbonyl (C=O) groups is 1. The lowest BCUT2D eigenvalue weighted by molar-refractivity contribution is -0.130.